The van der Waals surface area contributed by atoms with Gasteiger partial charge >= 0.3 is 0 Å². The Morgan fingerprint density at radius 1 is 1.50 bits per heavy atom. The van der Waals surface area contributed by atoms with Gasteiger partial charge in [0.05, 0.1) is 7.11 Å². The highest BCUT2D eigenvalue weighted by molar-refractivity contribution is 5.43. The fourth-order valence-electron chi connectivity index (χ4n) is 1.00. The smallest absolute Gasteiger partial charge is 0.166 e. The Kier molecular flexibility index (Phi) is 2.65. The van der Waals surface area contributed by atoms with Gasteiger partial charge in [-0.3, -0.25) is 0 Å². The topological polar surface area (TPSA) is 57.0 Å². The predicted molar refractivity (Wildman–Crippen MR) is 43.5 cm³/mol. The first kappa shape index (κ1) is 8.99. The largest absolute Gasteiger partial charge is 0.595 e. The van der Waals surface area contributed by atoms with Crippen molar-refractivity contribution in [3.8, 4) is 5.75 Å². The molecular weight excluding hydrogens is 158 g/mol. The van der Waals surface area contributed by atoms with Crippen molar-refractivity contribution in [2.45, 2.75) is 6.92 Å². The van der Waals surface area contributed by atoms with E-state index in [1.54, 1.807) is 26.2 Å². The third kappa shape index (κ3) is 1.73. The van der Waals surface area contributed by atoms with Crippen molar-refractivity contribution in [3.05, 3.63) is 29.0 Å². The monoisotopic (exact) mass is 169 g/mol. The van der Waals surface area contributed by atoms with E-state index in [2.05, 4.69) is 0 Å². The molecule has 0 saturated carbocycles. The van der Waals surface area contributed by atoms with Crippen LogP contribution < -0.4 is 9.96 Å². The van der Waals surface area contributed by atoms with Crippen molar-refractivity contribution >= 4 is 5.69 Å². The molecule has 1 atom stereocenters. The highest BCUT2D eigenvalue weighted by Crippen LogP contribution is 2.17. The zero-order chi connectivity index (χ0) is 9.14. The van der Waals surface area contributed by atoms with E-state index in [0.717, 1.165) is 0 Å². The van der Waals surface area contributed by atoms with Crippen LogP contribution >= 0.6 is 0 Å². The van der Waals surface area contributed by atoms with Crippen LogP contribution in [0.4, 0.5) is 5.69 Å². The average Bonchev–Trinajstić information content (AvgIpc) is 2.03. The molecule has 0 aliphatic heterocycles. The number of benzene rings is 1. The first-order valence-electron chi connectivity index (χ1n) is 3.53. The molecule has 0 saturated heterocycles. The summed E-state index contributed by atoms with van der Waals surface area (Å²) < 4.78 is 4.94. The average molecular weight is 169 g/mol. The second-order valence-electron chi connectivity index (χ2n) is 2.49. The molecular formula is C8H11NO3. The molecule has 0 aliphatic rings. The van der Waals surface area contributed by atoms with Gasteiger partial charge in [0.1, 0.15) is 5.75 Å². The Hall–Kier alpha value is -1.10. The summed E-state index contributed by atoms with van der Waals surface area (Å²) in [6.45, 7) is 1.74. The summed E-state index contributed by atoms with van der Waals surface area (Å²) in [5, 5.41) is 18.4. The van der Waals surface area contributed by atoms with Gasteiger partial charge in [0.2, 0.25) is 0 Å². The summed E-state index contributed by atoms with van der Waals surface area (Å²) in [6, 6.07) is 4.87. The lowest BCUT2D eigenvalue weighted by atomic mass is 10.2. The normalized spacial score (nSPS) is 12.7. The summed E-state index contributed by atoms with van der Waals surface area (Å²) in [5.41, 5.74) is 1.03. The summed E-state index contributed by atoms with van der Waals surface area (Å²) in [6.07, 6.45) is 0. The van der Waals surface area contributed by atoms with E-state index in [-0.39, 0.29) is 0 Å². The quantitative estimate of drug-likeness (QED) is 0.630. The minimum absolute atomic E-state index is 0.316. The first-order valence-corrected chi connectivity index (χ1v) is 3.53. The molecule has 0 amide bonds. The lowest BCUT2D eigenvalue weighted by molar-refractivity contribution is -0.991. The zero-order valence-corrected chi connectivity index (χ0v) is 7.00. The van der Waals surface area contributed by atoms with Crippen molar-refractivity contribution in [1.29, 1.82) is 0 Å². The van der Waals surface area contributed by atoms with Crippen LogP contribution in [0, 0.1) is 12.1 Å². The number of ether oxygens (including phenoxy) is 1. The molecule has 0 fully saturated rings. The van der Waals surface area contributed by atoms with Crippen LogP contribution in [-0.2, 0) is 0 Å². The minimum Gasteiger partial charge on any atom is -0.595 e. The van der Waals surface area contributed by atoms with Crippen LogP contribution in [0.5, 0.6) is 5.75 Å². The van der Waals surface area contributed by atoms with Gasteiger partial charge < -0.3 is 9.94 Å². The van der Waals surface area contributed by atoms with Crippen LogP contribution in [0.3, 0.4) is 0 Å². The molecule has 4 heteroatoms. The maximum atomic E-state index is 10.6. The van der Waals surface area contributed by atoms with Crippen LogP contribution in [0.15, 0.2) is 18.2 Å². The minimum atomic E-state index is -0.907. The number of quaternary nitrogens is 1. The van der Waals surface area contributed by atoms with E-state index >= 15 is 0 Å². The lowest BCUT2D eigenvalue weighted by Gasteiger charge is -2.14. The molecule has 0 aliphatic carbocycles. The molecule has 66 valence electrons. The Bertz CT molecular complexity index is 273. The molecule has 1 aromatic carbocycles. The third-order valence-electron chi connectivity index (χ3n) is 1.66. The number of rotatable bonds is 2. The number of hydrogen-bond acceptors (Lipinski definition) is 3. The van der Waals surface area contributed by atoms with Gasteiger partial charge in [-0.1, -0.05) is 0 Å². The molecule has 0 radical (unpaired) electrons. The fourth-order valence-corrected chi connectivity index (χ4v) is 1.00. The van der Waals surface area contributed by atoms with Crippen LogP contribution in [0.1, 0.15) is 5.56 Å². The van der Waals surface area contributed by atoms with E-state index in [1.165, 1.54) is 6.07 Å². The van der Waals surface area contributed by atoms with Crippen molar-refractivity contribution < 1.29 is 15.2 Å². The molecule has 2 N–H and O–H groups in total. The standard InChI is InChI=1S/C8H11NO3/c1-6-5-7(12-2)3-4-8(6)9(10)11/h3-5,9-10H,1-2H3. The van der Waals surface area contributed by atoms with E-state index in [0.29, 0.717) is 17.0 Å². The Morgan fingerprint density at radius 3 is 2.58 bits per heavy atom. The molecule has 4 nitrogen and oxygen atoms in total. The maximum Gasteiger partial charge on any atom is 0.166 e. The van der Waals surface area contributed by atoms with Gasteiger partial charge in [0.25, 0.3) is 0 Å². The Labute approximate surface area is 70.5 Å². The fraction of sp³-hybridized carbons (Fsp3) is 0.250. The van der Waals surface area contributed by atoms with Crippen LogP contribution in [-0.4, -0.2) is 12.3 Å². The lowest BCUT2D eigenvalue weighted by Crippen LogP contribution is -2.99. The highest BCUT2D eigenvalue weighted by atomic mass is 16.8. The van der Waals surface area contributed by atoms with Crippen molar-refractivity contribution in [3.63, 3.8) is 0 Å². The van der Waals surface area contributed by atoms with E-state index in [1.807, 2.05) is 0 Å². The van der Waals surface area contributed by atoms with Crippen LogP contribution in [0.2, 0.25) is 0 Å². The second kappa shape index (κ2) is 3.53. The first-order chi connectivity index (χ1) is 5.65. The molecule has 0 bridgehead atoms. The molecule has 0 heterocycles. The Morgan fingerprint density at radius 2 is 2.17 bits per heavy atom. The van der Waals surface area contributed by atoms with Gasteiger partial charge in [0, 0.05) is 11.6 Å². The second-order valence-corrected chi connectivity index (χ2v) is 2.49. The summed E-state index contributed by atoms with van der Waals surface area (Å²) in [4.78, 5) is 0. The SMILES string of the molecule is COc1ccc([NH+]([O-])O)c(C)c1. The molecule has 1 aromatic rings. The summed E-state index contributed by atoms with van der Waals surface area (Å²) >= 11 is 0. The van der Waals surface area contributed by atoms with Crippen molar-refractivity contribution in [1.82, 2.24) is 0 Å². The van der Waals surface area contributed by atoms with Gasteiger partial charge in [0.15, 0.2) is 5.69 Å². The van der Waals surface area contributed by atoms with Crippen molar-refractivity contribution in [2.75, 3.05) is 7.11 Å². The maximum absolute atomic E-state index is 10.6. The Balaban J connectivity index is 3.03. The van der Waals surface area contributed by atoms with E-state index < -0.39 is 5.23 Å². The summed E-state index contributed by atoms with van der Waals surface area (Å²) in [7, 11) is 1.55. The molecule has 0 spiro atoms. The number of aryl methyl sites for hydroxylation is 1. The highest BCUT2D eigenvalue weighted by Gasteiger charge is 2.05. The summed E-state index contributed by atoms with van der Waals surface area (Å²) in [5.74, 6) is 0.678. The van der Waals surface area contributed by atoms with Crippen LogP contribution in [0.25, 0.3) is 0 Å². The number of hydrogen-bond donors (Lipinski definition) is 2. The van der Waals surface area contributed by atoms with Gasteiger partial charge in [-0.05, 0) is 19.1 Å². The van der Waals surface area contributed by atoms with Gasteiger partial charge in [-0.25, -0.2) is 5.21 Å². The van der Waals surface area contributed by atoms with E-state index in [4.69, 9.17) is 9.94 Å². The number of nitrogens with one attached hydrogen (secondary N) is 1. The van der Waals surface area contributed by atoms with Gasteiger partial charge in [-0.2, -0.15) is 5.23 Å². The van der Waals surface area contributed by atoms with E-state index in [9.17, 15) is 5.21 Å². The number of methoxy groups -OCH3 is 1. The molecule has 1 unspecified atom stereocenters. The van der Waals surface area contributed by atoms with Crippen molar-refractivity contribution in [2.24, 2.45) is 0 Å². The molecule has 12 heavy (non-hydrogen) atoms. The van der Waals surface area contributed by atoms with Gasteiger partial charge in [-0.15, -0.1) is 0 Å². The molecule has 1 rings (SSSR count). The molecule has 0 aromatic heterocycles. The third-order valence-corrected chi connectivity index (χ3v) is 1.66. The predicted octanol–water partition coefficient (Wildman–Crippen LogP) is 0.407. The zero-order valence-electron chi connectivity index (χ0n) is 7.00.